The van der Waals surface area contributed by atoms with Crippen LogP contribution in [0.3, 0.4) is 0 Å². The number of esters is 8. The fourth-order valence-corrected chi connectivity index (χ4v) is 12.5. The molecule has 44 heteroatoms. The maximum atomic E-state index is 15.8. The highest BCUT2D eigenvalue weighted by atomic mass is 16.8. The lowest BCUT2D eigenvalue weighted by Gasteiger charge is -2.44. The van der Waals surface area contributed by atoms with Crippen LogP contribution in [0.1, 0.15) is 82.9 Å². The first kappa shape index (κ1) is 74.8. The van der Waals surface area contributed by atoms with Crippen molar-refractivity contribution in [3.63, 3.8) is 0 Å². The second kappa shape index (κ2) is 27.1. The minimum Gasteiger partial charge on any atom is -0.504 e. The van der Waals surface area contributed by atoms with Gasteiger partial charge in [-0.15, -0.1) is 0 Å². The van der Waals surface area contributed by atoms with E-state index < -0.39 is 344 Å². The Labute approximate surface area is 614 Å². The third kappa shape index (κ3) is 12.0. The molecule has 5 heterocycles. The summed E-state index contributed by atoms with van der Waals surface area (Å²) in [7, 11) is 0. The summed E-state index contributed by atoms with van der Waals surface area (Å²) in [6, 6.07) is 3.22. The maximum absolute atomic E-state index is 15.8. The molecule has 0 aromatic heterocycles. The van der Waals surface area contributed by atoms with Gasteiger partial charge in [0.15, 0.2) is 116 Å². The molecule has 0 radical (unpaired) electrons. The largest absolute Gasteiger partial charge is 0.504 e. The van der Waals surface area contributed by atoms with E-state index in [4.69, 9.17) is 52.1 Å². The van der Waals surface area contributed by atoms with E-state index in [2.05, 4.69) is 0 Å². The normalized spacial score (nSPS) is 21.3. The van der Waals surface area contributed by atoms with Crippen molar-refractivity contribution in [3.05, 3.63) is 99.1 Å². The highest BCUT2D eigenvalue weighted by molar-refractivity contribution is 6.12. The average molecular weight is 1570 g/mol. The lowest BCUT2D eigenvalue weighted by atomic mass is 9.90. The first-order valence-electron chi connectivity index (χ1n) is 31.2. The van der Waals surface area contributed by atoms with Gasteiger partial charge in [0, 0.05) is 27.8 Å². The van der Waals surface area contributed by atoms with E-state index in [1.807, 2.05) is 0 Å². The van der Waals surface area contributed by atoms with Crippen LogP contribution >= 0.6 is 0 Å². The molecule has 5 aliphatic rings. The van der Waals surface area contributed by atoms with Crippen molar-refractivity contribution < 1.29 is 218 Å². The van der Waals surface area contributed by atoms with E-state index in [0.29, 0.717) is 42.5 Å². The van der Waals surface area contributed by atoms with Gasteiger partial charge in [-0.25, -0.2) is 38.4 Å². The summed E-state index contributed by atoms with van der Waals surface area (Å²) in [6.45, 7) is -2.81. The molecule has 0 amide bonds. The Hall–Kier alpha value is -15.4. The SMILES string of the molecule is O=C(O[C@@H]1O[C@@H]2COC(=O)c3cc(O)c(O)c(O)c3-c3c(cc(O)c(O)c3O)C(=O)O[C@H]2[C@H](O)[C@H]1O)c1cc(O)c(O)c(Oc2c(O)c(O)c(O)c3c2C(=O)O[C@H]2[C@@H]4OC(=O)c5cc(O)c(O)c(O)c5-c5c(cc(O)c(O)c5O)C(=O)O[C@H]4[C@H](OC(=O)c4cc(O)c(O)c(O)c4)O[C@@H]2COC(=O)c2cc(O)c(O)c(O)c2-3)c1. The van der Waals surface area contributed by atoms with E-state index in [1.54, 1.807) is 0 Å². The molecule has 2 fully saturated rings. The molecule has 8 aromatic rings. The van der Waals surface area contributed by atoms with Gasteiger partial charge in [0.2, 0.25) is 64.7 Å². The Kier molecular flexibility index (Phi) is 18.1. The van der Waals surface area contributed by atoms with Crippen LogP contribution in [-0.2, 0) is 47.4 Å². The summed E-state index contributed by atoms with van der Waals surface area (Å²) in [4.78, 5) is 117. The number of hydrogen-bond acceptors (Lipinski definition) is 44. The minimum atomic E-state index is -2.89. The summed E-state index contributed by atoms with van der Waals surface area (Å²) in [5.74, 6) is -53.2. The van der Waals surface area contributed by atoms with Gasteiger partial charge in [0.1, 0.15) is 43.2 Å². The van der Waals surface area contributed by atoms with E-state index in [0.717, 1.165) is 0 Å². The lowest BCUT2D eigenvalue weighted by Crippen LogP contribution is -2.63. The van der Waals surface area contributed by atoms with Crippen LogP contribution in [0.2, 0.25) is 0 Å². The van der Waals surface area contributed by atoms with Crippen LogP contribution in [0, 0.1) is 0 Å². The highest BCUT2D eigenvalue weighted by Gasteiger charge is 2.57. The summed E-state index contributed by atoms with van der Waals surface area (Å²) < 4.78 is 61.6. The van der Waals surface area contributed by atoms with Gasteiger partial charge in [0.05, 0.1) is 44.5 Å². The van der Waals surface area contributed by atoms with Crippen LogP contribution < -0.4 is 4.74 Å². The third-order valence-corrected chi connectivity index (χ3v) is 17.9. The summed E-state index contributed by atoms with van der Waals surface area (Å²) in [5, 5.41) is 275. The van der Waals surface area contributed by atoms with Crippen molar-refractivity contribution in [3.8, 4) is 177 Å². The molecule has 112 heavy (non-hydrogen) atoms. The third-order valence-electron chi connectivity index (χ3n) is 17.9. The van der Waals surface area contributed by atoms with Gasteiger partial charge >= 0.3 is 47.8 Å². The van der Waals surface area contributed by atoms with Gasteiger partial charge in [-0.1, -0.05) is 0 Å². The summed E-state index contributed by atoms with van der Waals surface area (Å²) in [6.07, 6.45) is -26.2. The van der Waals surface area contributed by atoms with E-state index in [9.17, 15) is 156 Å². The molecule has 10 atom stereocenters. The zero-order valence-electron chi connectivity index (χ0n) is 54.8. The number of aliphatic hydroxyl groups excluding tert-OH is 2. The number of carbonyl (C=O) groups excluding carboxylic acids is 8. The fraction of sp³-hybridized carbons (Fsp3) is 0.176. The number of carbonyl (C=O) groups is 8. The molecule has 44 nitrogen and oxygen atoms in total. The first-order chi connectivity index (χ1) is 52.7. The van der Waals surface area contributed by atoms with Crippen molar-refractivity contribution in [2.45, 2.75) is 61.4 Å². The molecule has 0 saturated carbocycles. The number of fused-ring (bicyclic) bond motifs is 13. The number of rotatable bonds is 6. The number of phenols is 23. The Balaban J connectivity index is 0.917. The molecule has 25 N–H and O–H groups in total. The second-order valence-corrected chi connectivity index (χ2v) is 24.6. The monoisotopic (exact) mass is 1570 g/mol. The predicted molar refractivity (Wildman–Crippen MR) is 344 cm³/mol. The van der Waals surface area contributed by atoms with Gasteiger partial charge in [-0.05, 0) is 54.6 Å². The number of aliphatic hydroxyl groups is 2. The smallest absolute Gasteiger partial charge is 0.343 e. The van der Waals surface area contributed by atoms with Crippen LogP contribution in [0.5, 0.6) is 144 Å². The topological polar surface area (TPSA) is 744 Å². The highest BCUT2D eigenvalue weighted by Crippen LogP contribution is 2.60. The quantitative estimate of drug-likeness (QED) is 0.0640. The molecule has 0 aliphatic carbocycles. The zero-order valence-corrected chi connectivity index (χ0v) is 54.8. The summed E-state index contributed by atoms with van der Waals surface area (Å²) in [5.41, 5.74) is -17.5. The standard InChI is InChI=1S/C68H48O44/c69-19-1-12(2-20(70)37(19)77)59(94)112-68-58-57(109-64(99)17-8-25(75)41(81)46(86)32(17)33-18(65(100)110-58)9-26(76)42(82)47(33)87)55-29(106-68)11-103-62(97)15-6-23(73)43(83)48(88)34(15)35-36(66(101)108-55)56(51(91)50(90)49(35)89)104-27-4-13(3-21(71)38(27)78)60(95)111-67-53(93)52(92)54-28(105-67)10-102-61(96)14-5-22(72)39(79)44(84)30(14)31-16(63(98)107-54)7-24(74)40(80)45(31)85/h1-9,28-29,52-55,57-58,67-93H,10-11H2/t28-,29-,52-,53-,54-,55-,57+,58-,67+,68+/m1/s1. The molecule has 0 bridgehead atoms. The van der Waals surface area contributed by atoms with Crippen molar-refractivity contribution in [1.82, 2.24) is 0 Å². The lowest BCUT2D eigenvalue weighted by molar-refractivity contribution is -0.284. The van der Waals surface area contributed by atoms with E-state index >= 15 is 9.59 Å². The van der Waals surface area contributed by atoms with Gasteiger partial charge in [0.25, 0.3) is 0 Å². The molecular formula is C68H48O44. The van der Waals surface area contributed by atoms with Crippen molar-refractivity contribution in [2.24, 2.45) is 0 Å². The Morgan fingerprint density at radius 1 is 0.295 bits per heavy atom. The number of aromatic hydroxyl groups is 23. The van der Waals surface area contributed by atoms with E-state index in [1.165, 1.54) is 0 Å². The van der Waals surface area contributed by atoms with Crippen LogP contribution in [0.15, 0.2) is 54.6 Å². The number of benzene rings is 8. The zero-order chi connectivity index (χ0) is 81.5. The molecule has 5 aliphatic heterocycles. The number of ether oxygens (including phenoxy) is 11. The predicted octanol–water partition coefficient (Wildman–Crippen LogP) is 1.75. The van der Waals surface area contributed by atoms with Crippen LogP contribution in [0.25, 0.3) is 33.4 Å². The molecule has 584 valence electrons. The Bertz CT molecular complexity index is 5480. The Morgan fingerprint density at radius 2 is 0.616 bits per heavy atom. The number of phenolic OH excluding ortho intramolecular Hbond substituents is 23. The average Bonchev–Trinajstić information content (AvgIpc) is 1.04. The van der Waals surface area contributed by atoms with Crippen molar-refractivity contribution in [2.75, 3.05) is 13.2 Å². The molecule has 0 spiro atoms. The van der Waals surface area contributed by atoms with Crippen molar-refractivity contribution in [1.29, 1.82) is 0 Å². The number of hydrogen-bond donors (Lipinski definition) is 25. The first-order valence-corrected chi connectivity index (χ1v) is 31.2. The van der Waals surface area contributed by atoms with Gasteiger partial charge in [-0.3, -0.25) is 0 Å². The molecular weight excluding hydrogens is 1520 g/mol. The molecule has 0 unspecified atom stereocenters. The van der Waals surface area contributed by atoms with E-state index in [-0.39, 0.29) is 12.1 Å². The molecule has 2 saturated heterocycles. The van der Waals surface area contributed by atoms with Crippen LogP contribution in [0.4, 0.5) is 0 Å². The van der Waals surface area contributed by atoms with Crippen LogP contribution in [-0.4, -0.2) is 250 Å². The molecule has 8 aromatic carbocycles. The summed E-state index contributed by atoms with van der Waals surface area (Å²) >= 11 is 0. The maximum Gasteiger partial charge on any atom is 0.343 e. The fourth-order valence-electron chi connectivity index (χ4n) is 12.5. The molecule has 13 rings (SSSR count). The minimum absolute atomic E-state index is 0.253. The van der Waals surface area contributed by atoms with Crippen molar-refractivity contribution >= 4 is 47.8 Å². The van der Waals surface area contributed by atoms with Gasteiger partial charge < -0.3 is 180 Å². The number of cyclic esters (lactones) is 2. The van der Waals surface area contributed by atoms with Gasteiger partial charge in [-0.2, -0.15) is 0 Å². The second-order valence-electron chi connectivity index (χ2n) is 24.6. The Morgan fingerprint density at radius 3 is 1.04 bits per heavy atom.